The number of rotatable bonds is 5. The first kappa shape index (κ1) is 17.4. The monoisotopic (exact) mass is 342 g/mol. The fourth-order valence-corrected chi connectivity index (χ4v) is 3.04. The second-order valence-electron chi connectivity index (χ2n) is 6.13. The number of halogens is 1. The molecular weight excluding hydrogens is 319 g/mol. The molecule has 0 aliphatic carbocycles. The van der Waals surface area contributed by atoms with Gasteiger partial charge in [0.05, 0.1) is 6.61 Å². The maximum atomic E-state index is 14.0. The molecule has 0 atom stereocenters. The number of carbonyl (C=O) groups excluding carboxylic acids is 1. The van der Waals surface area contributed by atoms with Gasteiger partial charge in [0.25, 0.3) is 5.91 Å². The zero-order chi connectivity index (χ0) is 17.6. The van der Waals surface area contributed by atoms with E-state index in [0.29, 0.717) is 25.3 Å². The van der Waals surface area contributed by atoms with Crippen LogP contribution in [-0.2, 0) is 6.54 Å². The van der Waals surface area contributed by atoms with Gasteiger partial charge in [-0.3, -0.25) is 9.69 Å². The van der Waals surface area contributed by atoms with Gasteiger partial charge in [-0.15, -0.1) is 0 Å². The van der Waals surface area contributed by atoms with Gasteiger partial charge in [0.1, 0.15) is 0 Å². The molecular formula is C20H23FN2O2. The Labute approximate surface area is 147 Å². The highest BCUT2D eigenvalue weighted by atomic mass is 19.1. The average molecular weight is 342 g/mol. The molecule has 3 rings (SSSR count). The molecule has 132 valence electrons. The number of benzene rings is 2. The number of hydrogen-bond donors (Lipinski definition) is 0. The Morgan fingerprint density at radius 2 is 1.80 bits per heavy atom. The second-order valence-corrected chi connectivity index (χ2v) is 6.13. The molecule has 1 aliphatic heterocycles. The quantitative estimate of drug-likeness (QED) is 0.837. The molecule has 1 heterocycles. The Hall–Kier alpha value is -2.40. The lowest BCUT2D eigenvalue weighted by molar-refractivity contribution is 0.0628. The van der Waals surface area contributed by atoms with Crippen LogP contribution in [0.1, 0.15) is 22.8 Å². The van der Waals surface area contributed by atoms with Gasteiger partial charge >= 0.3 is 0 Å². The number of hydrogen-bond acceptors (Lipinski definition) is 3. The number of amides is 1. The standard InChI is InChI=1S/C20H23FN2O2/c1-2-25-19-9-8-17(14-18(19)21)20(24)23-12-10-22(11-13-23)15-16-6-4-3-5-7-16/h3-9,14H,2,10-13,15H2,1H3. The lowest BCUT2D eigenvalue weighted by Crippen LogP contribution is -2.48. The zero-order valence-electron chi connectivity index (χ0n) is 14.5. The Morgan fingerprint density at radius 3 is 2.44 bits per heavy atom. The molecule has 0 saturated carbocycles. The summed E-state index contributed by atoms with van der Waals surface area (Å²) in [7, 11) is 0. The average Bonchev–Trinajstić information content (AvgIpc) is 2.64. The van der Waals surface area contributed by atoms with Crippen molar-refractivity contribution in [3.63, 3.8) is 0 Å². The van der Waals surface area contributed by atoms with Gasteiger partial charge < -0.3 is 9.64 Å². The third-order valence-corrected chi connectivity index (χ3v) is 4.39. The number of piperazine rings is 1. The Morgan fingerprint density at radius 1 is 1.08 bits per heavy atom. The van der Waals surface area contributed by atoms with Crippen molar-refractivity contribution < 1.29 is 13.9 Å². The molecule has 0 bridgehead atoms. The number of ether oxygens (including phenoxy) is 1. The van der Waals surface area contributed by atoms with Crippen LogP contribution in [0.3, 0.4) is 0 Å². The van der Waals surface area contributed by atoms with E-state index < -0.39 is 5.82 Å². The van der Waals surface area contributed by atoms with Gasteiger partial charge in [-0.2, -0.15) is 0 Å². The topological polar surface area (TPSA) is 32.8 Å². The lowest BCUT2D eigenvalue weighted by atomic mass is 10.1. The summed E-state index contributed by atoms with van der Waals surface area (Å²) in [6.45, 7) is 6.03. The molecule has 1 aliphatic rings. The van der Waals surface area contributed by atoms with Crippen LogP contribution in [-0.4, -0.2) is 48.5 Å². The van der Waals surface area contributed by atoms with E-state index >= 15 is 0 Å². The van der Waals surface area contributed by atoms with E-state index in [2.05, 4.69) is 17.0 Å². The first-order valence-corrected chi connectivity index (χ1v) is 8.65. The highest BCUT2D eigenvalue weighted by molar-refractivity contribution is 5.94. The van der Waals surface area contributed by atoms with E-state index in [1.165, 1.54) is 17.7 Å². The van der Waals surface area contributed by atoms with E-state index in [4.69, 9.17) is 4.74 Å². The maximum absolute atomic E-state index is 14.0. The molecule has 1 fully saturated rings. The molecule has 0 aromatic heterocycles. The highest BCUT2D eigenvalue weighted by Crippen LogP contribution is 2.20. The molecule has 4 nitrogen and oxygen atoms in total. The van der Waals surface area contributed by atoms with E-state index in [1.54, 1.807) is 17.9 Å². The van der Waals surface area contributed by atoms with Gasteiger partial charge in [0, 0.05) is 38.3 Å². The Bertz CT molecular complexity index is 713. The van der Waals surface area contributed by atoms with Crippen molar-refractivity contribution in [2.24, 2.45) is 0 Å². The number of nitrogens with zero attached hydrogens (tertiary/aromatic N) is 2. The van der Waals surface area contributed by atoms with E-state index in [9.17, 15) is 9.18 Å². The van der Waals surface area contributed by atoms with Crippen molar-refractivity contribution >= 4 is 5.91 Å². The largest absolute Gasteiger partial charge is 0.491 e. The second kappa shape index (κ2) is 8.12. The summed E-state index contributed by atoms with van der Waals surface area (Å²) in [5.41, 5.74) is 1.65. The normalized spacial score (nSPS) is 15.2. The molecule has 25 heavy (non-hydrogen) atoms. The smallest absolute Gasteiger partial charge is 0.254 e. The van der Waals surface area contributed by atoms with Crippen molar-refractivity contribution in [3.8, 4) is 5.75 Å². The zero-order valence-corrected chi connectivity index (χ0v) is 14.5. The summed E-state index contributed by atoms with van der Waals surface area (Å²) in [6.07, 6.45) is 0. The van der Waals surface area contributed by atoms with Gasteiger partial charge in [0.2, 0.25) is 0 Å². The van der Waals surface area contributed by atoms with Gasteiger partial charge in [-0.25, -0.2) is 4.39 Å². The van der Waals surface area contributed by atoms with Crippen molar-refractivity contribution in [3.05, 3.63) is 65.5 Å². The minimum Gasteiger partial charge on any atom is -0.491 e. The molecule has 1 amide bonds. The van der Waals surface area contributed by atoms with Crippen LogP contribution in [0.5, 0.6) is 5.75 Å². The summed E-state index contributed by atoms with van der Waals surface area (Å²) in [4.78, 5) is 16.7. The molecule has 0 radical (unpaired) electrons. The van der Waals surface area contributed by atoms with Crippen LogP contribution < -0.4 is 4.74 Å². The van der Waals surface area contributed by atoms with E-state index in [0.717, 1.165) is 19.6 Å². The van der Waals surface area contributed by atoms with Crippen LogP contribution in [0.2, 0.25) is 0 Å². The number of carbonyl (C=O) groups is 1. The minimum atomic E-state index is -0.490. The molecule has 0 spiro atoms. The highest BCUT2D eigenvalue weighted by Gasteiger charge is 2.23. The minimum absolute atomic E-state index is 0.124. The first-order chi connectivity index (χ1) is 12.2. The fraction of sp³-hybridized carbons (Fsp3) is 0.350. The molecule has 0 N–H and O–H groups in total. The predicted octanol–water partition coefficient (Wildman–Crippen LogP) is 3.18. The Balaban J connectivity index is 1.57. The fourth-order valence-electron chi connectivity index (χ4n) is 3.04. The maximum Gasteiger partial charge on any atom is 0.254 e. The van der Waals surface area contributed by atoms with E-state index in [-0.39, 0.29) is 11.7 Å². The van der Waals surface area contributed by atoms with Gasteiger partial charge in [-0.1, -0.05) is 30.3 Å². The molecule has 5 heteroatoms. The third-order valence-electron chi connectivity index (χ3n) is 4.39. The third kappa shape index (κ3) is 4.37. The SMILES string of the molecule is CCOc1ccc(C(=O)N2CCN(Cc3ccccc3)CC2)cc1F. The van der Waals surface area contributed by atoms with Crippen molar-refractivity contribution in [1.82, 2.24) is 9.80 Å². The van der Waals surface area contributed by atoms with Crippen LogP contribution >= 0.6 is 0 Å². The van der Waals surface area contributed by atoms with Gasteiger partial charge in [0.15, 0.2) is 11.6 Å². The van der Waals surface area contributed by atoms with Crippen LogP contribution in [0.4, 0.5) is 4.39 Å². The molecule has 0 unspecified atom stereocenters. The first-order valence-electron chi connectivity index (χ1n) is 8.65. The van der Waals surface area contributed by atoms with Gasteiger partial charge in [-0.05, 0) is 30.7 Å². The predicted molar refractivity (Wildman–Crippen MR) is 95.2 cm³/mol. The van der Waals surface area contributed by atoms with Crippen molar-refractivity contribution in [2.75, 3.05) is 32.8 Å². The van der Waals surface area contributed by atoms with Crippen LogP contribution in [0, 0.1) is 5.82 Å². The molecule has 1 saturated heterocycles. The molecule has 2 aromatic rings. The lowest BCUT2D eigenvalue weighted by Gasteiger charge is -2.34. The summed E-state index contributed by atoms with van der Waals surface area (Å²) < 4.78 is 19.1. The van der Waals surface area contributed by atoms with Crippen molar-refractivity contribution in [1.29, 1.82) is 0 Å². The van der Waals surface area contributed by atoms with E-state index in [1.807, 2.05) is 18.2 Å². The summed E-state index contributed by atoms with van der Waals surface area (Å²) in [6, 6.07) is 14.7. The van der Waals surface area contributed by atoms with Crippen LogP contribution in [0.15, 0.2) is 48.5 Å². The van der Waals surface area contributed by atoms with Crippen molar-refractivity contribution in [2.45, 2.75) is 13.5 Å². The molecule has 2 aromatic carbocycles. The Kier molecular flexibility index (Phi) is 5.66. The summed E-state index contributed by atoms with van der Waals surface area (Å²) >= 11 is 0. The summed E-state index contributed by atoms with van der Waals surface area (Å²) in [5.74, 6) is -0.427. The summed E-state index contributed by atoms with van der Waals surface area (Å²) in [5, 5.41) is 0. The van der Waals surface area contributed by atoms with Crippen LogP contribution in [0.25, 0.3) is 0 Å².